The number of hydrogen-bond donors (Lipinski definition) is 1. The molecular formula is C9H14F3N3O2. The van der Waals surface area contributed by atoms with E-state index in [1.54, 1.807) is 13.8 Å². The van der Waals surface area contributed by atoms with Crippen LogP contribution in [0.15, 0.2) is 6.20 Å². The highest BCUT2D eigenvalue weighted by molar-refractivity contribution is 5.02. The molecule has 1 aromatic heterocycles. The van der Waals surface area contributed by atoms with Crippen molar-refractivity contribution in [1.82, 2.24) is 15.0 Å². The van der Waals surface area contributed by atoms with E-state index in [9.17, 15) is 18.3 Å². The van der Waals surface area contributed by atoms with Gasteiger partial charge in [-0.1, -0.05) is 5.21 Å². The molecule has 0 unspecified atom stereocenters. The minimum Gasteiger partial charge on any atom is -0.384 e. The topological polar surface area (TPSA) is 60.2 Å². The minimum absolute atomic E-state index is 0.117. The molecule has 17 heavy (non-hydrogen) atoms. The van der Waals surface area contributed by atoms with E-state index in [0.29, 0.717) is 5.69 Å². The van der Waals surface area contributed by atoms with Crippen LogP contribution in [0.2, 0.25) is 0 Å². The van der Waals surface area contributed by atoms with E-state index in [-0.39, 0.29) is 13.2 Å². The predicted molar refractivity (Wildman–Crippen MR) is 52.1 cm³/mol. The standard InChI is InChI=1S/C9H14F3N3O2/c1-8(2,16)7-5-15(14-13-7)3-4-17-6-9(10,11)12/h5,16H,3-4,6H2,1-2H3. The molecule has 0 atom stereocenters. The van der Waals surface area contributed by atoms with Gasteiger partial charge < -0.3 is 9.84 Å². The maximum absolute atomic E-state index is 11.7. The van der Waals surface area contributed by atoms with Gasteiger partial charge >= 0.3 is 6.18 Å². The number of alkyl halides is 3. The molecule has 0 aliphatic heterocycles. The predicted octanol–water partition coefficient (Wildman–Crippen LogP) is 1.08. The smallest absolute Gasteiger partial charge is 0.384 e. The maximum atomic E-state index is 11.7. The van der Waals surface area contributed by atoms with Crippen LogP contribution in [0.3, 0.4) is 0 Å². The molecule has 0 fully saturated rings. The third-order valence-electron chi connectivity index (χ3n) is 1.90. The zero-order valence-electron chi connectivity index (χ0n) is 9.53. The van der Waals surface area contributed by atoms with Gasteiger partial charge in [-0.05, 0) is 13.8 Å². The highest BCUT2D eigenvalue weighted by atomic mass is 19.4. The summed E-state index contributed by atoms with van der Waals surface area (Å²) < 4.78 is 41.0. The monoisotopic (exact) mass is 253 g/mol. The van der Waals surface area contributed by atoms with Crippen LogP contribution in [-0.2, 0) is 16.9 Å². The van der Waals surface area contributed by atoms with Crippen LogP contribution in [0.1, 0.15) is 19.5 Å². The van der Waals surface area contributed by atoms with Crippen molar-refractivity contribution in [2.45, 2.75) is 32.2 Å². The second-order valence-corrected chi connectivity index (χ2v) is 4.09. The molecule has 0 aliphatic rings. The average molecular weight is 253 g/mol. The van der Waals surface area contributed by atoms with Crippen molar-refractivity contribution in [3.05, 3.63) is 11.9 Å². The number of aliphatic hydroxyl groups is 1. The van der Waals surface area contributed by atoms with E-state index < -0.39 is 18.4 Å². The van der Waals surface area contributed by atoms with Crippen molar-refractivity contribution in [3.63, 3.8) is 0 Å². The molecule has 1 rings (SSSR count). The Labute approximate surface area is 96.2 Å². The number of nitrogens with zero attached hydrogens (tertiary/aromatic N) is 3. The summed E-state index contributed by atoms with van der Waals surface area (Å²) in [7, 11) is 0. The van der Waals surface area contributed by atoms with Gasteiger partial charge in [-0.2, -0.15) is 13.2 Å². The van der Waals surface area contributed by atoms with Gasteiger partial charge in [0.2, 0.25) is 0 Å². The molecule has 1 aromatic rings. The first-order valence-electron chi connectivity index (χ1n) is 4.96. The Bertz CT molecular complexity index is 357. The second kappa shape index (κ2) is 5.01. The first-order valence-corrected chi connectivity index (χ1v) is 4.96. The lowest BCUT2D eigenvalue weighted by Gasteiger charge is -2.11. The summed E-state index contributed by atoms with van der Waals surface area (Å²) in [5.41, 5.74) is -0.765. The molecule has 5 nitrogen and oxygen atoms in total. The molecular weight excluding hydrogens is 239 g/mol. The third kappa shape index (κ3) is 5.14. The zero-order chi connectivity index (χ0) is 13.1. The molecule has 1 N–H and O–H groups in total. The number of ether oxygens (including phenoxy) is 1. The van der Waals surface area contributed by atoms with E-state index in [1.165, 1.54) is 10.9 Å². The number of aromatic nitrogens is 3. The summed E-state index contributed by atoms with van der Waals surface area (Å²) in [6.45, 7) is 1.84. The number of hydrogen-bond acceptors (Lipinski definition) is 4. The van der Waals surface area contributed by atoms with Crippen molar-refractivity contribution in [2.75, 3.05) is 13.2 Å². The van der Waals surface area contributed by atoms with E-state index in [1.807, 2.05) is 0 Å². The highest BCUT2D eigenvalue weighted by Gasteiger charge is 2.27. The molecule has 1 heterocycles. The molecule has 0 amide bonds. The van der Waals surface area contributed by atoms with Gasteiger partial charge in [0.15, 0.2) is 0 Å². The Morgan fingerprint density at radius 3 is 2.53 bits per heavy atom. The van der Waals surface area contributed by atoms with Crippen LogP contribution in [0.5, 0.6) is 0 Å². The lowest BCUT2D eigenvalue weighted by molar-refractivity contribution is -0.174. The molecule has 0 spiro atoms. The Kier molecular flexibility index (Phi) is 4.10. The molecule has 0 saturated carbocycles. The van der Waals surface area contributed by atoms with Gasteiger partial charge in [0.25, 0.3) is 0 Å². The molecule has 0 radical (unpaired) electrons. The summed E-state index contributed by atoms with van der Waals surface area (Å²) in [5.74, 6) is 0. The third-order valence-corrected chi connectivity index (χ3v) is 1.90. The normalized spacial score (nSPS) is 13.1. The molecule has 0 aliphatic carbocycles. The van der Waals surface area contributed by atoms with Crippen LogP contribution in [0.4, 0.5) is 13.2 Å². The summed E-state index contributed by atoms with van der Waals surface area (Å²) in [6, 6.07) is 0. The Morgan fingerprint density at radius 1 is 1.41 bits per heavy atom. The van der Waals surface area contributed by atoms with Crippen molar-refractivity contribution < 1.29 is 23.0 Å². The van der Waals surface area contributed by atoms with E-state index in [2.05, 4.69) is 15.0 Å². The van der Waals surface area contributed by atoms with Crippen LogP contribution in [0.25, 0.3) is 0 Å². The van der Waals surface area contributed by atoms with Crippen LogP contribution in [0, 0.1) is 0 Å². The summed E-state index contributed by atoms with van der Waals surface area (Å²) in [6.07, 6.45) is -2.85. The Morgan fingerprint density at radius 2 is 2.06 bits per heavy atom. The fraction of sp³-hybridized carbons (Fsp3) is 0.778. The highest BCUT2D eigenvalue weighted by Crippen LogP contribution is 2.16. The largest absolute Gasteiger partial charge is 0.411 e. The fourth-order valence-corrected chi connectivity index (χ4v) is 1.03. The van der Waals surface area contributed by atoms with Gasteiger partial charge in [-0.3, -0.25) is 0 Å². The summed E-state index contributed by atoms with van der Waals surface area (Å²) >= 11 is 0. The fourth-order valence-electron chi connectivity index (χ4n) is 1.03. The van der Waals surface area contributed by atoms with Crippen LogP contribution >= 0.6 is 0 Å². The minimum atomic E-state index is -4.32. The van der Waals surface area contributed by atoms with Crippen LogP contribution in [-0.4, -0.2) is 39.5 Å². The first-order chi connectivity index (χ1) is 7.68. The van der Waals surface area contributed by atoms with Crippen molar-refractivity contribution >= 4 is 0 Å². The SMILES string of the molecule is CC(C)(O)c1cn(CCOCC(F)(F)F)nn1. The van der Waals surface area contributed by atoms with Crippen molar-refractivity contribution in [1.29, 1.82) is 0 Å². The van der Waals surface area contributed by atoms with Crippen LogP contribution < -0.4 is 0 Å². The van der Waals surface area contributed by atoms with Gasteiger partial charge in [-0.25, -0.2) is 4.68 Å². The summed E-state index contributed by atoms with van der Waals surface area (Å²) in [5, 5.41) is 16.9. The quantitative estimate of drug-likeness (QED) is 0.798. The first kappa shape index (κ1) is 13.9. The number of rotatable bonds is 5. The van der Waals surface area contributed by atoms with Gasteiger partial charge in [-0.15, -0.1) is 5.10 Å². The molecule has 0 aromatic carbocycles. The molecule has 98 valence electrons. The lowest BCUT2D eigenvalue weighted by atomic mass is 10.1. The number of halogens is 3. The Balaban J connectivity index is 2.36. The van der Waals surface area contributed by atoms with E-state index >= 15 is 0 Å². The molecule has 0 saturated heterocycles. The van der Waals surface area contributed by atoms with Gasteiger partial charge in [0.05, 0.1) is 19.3 Å². The van der Waals surface area contributed by atoms with Crippen molar-refractivity contribution in [3.8, 4) is 0 Å². The van der Waals surface area contributed by atoms with E-state index in [4.69, 9.17) is 0 Å². The van der Waals surface area contributed by atoms with Gasteiger partial charge in [0, 0.05) is 0 Å². The zero-order valence-corrected chi connectivity index (χ0v) is 9.53. The molecule has 8 heteroatoms. The maximum Gasteiger partial charge on any atom is 0.411 e. The van der Waals surface area contributed by atoms with Gasteiger partial charge in [0.1, 0.15) is 17.9 Å². The van der Waals surface area contributed by atoms with Crippen molar-refractivity contribution in [2.24, 2.45) is 0 Å². The summed E-state index contributed by atoms with van der Waals surface area (Å²) in [4.78, 5) is 0. The average Bonchev–Trinajstić information content (AvgIpc) is 2.58. The Hall–Kier alpha value is -1.15. The lowest BCUT2D eigenvalue weighted by Crippen LogP contribution is -2.19. The second-order valence-electron chi connectivity index (χ2n) is 4.09. The molecule has 0 bridgehead atoms. The van der Waals surface area contributed by atoms with E-state index in [0.717, 1.165) is 0 Å².